The van der Waals surface area contributed by atoms with Gasteiger partial charge in [0.25, 0.3) is 0 Å². The first-order valence-electron chi connectivity index (χ1n) is 8.22. The molecule has 1 aromatic rings. The number of nitrogens with zero attached hydrogens (tertiary/aromatic N) is 2. The van der Waals surface area contributed by atoms with Gasteiger partial charge in [0.15, 0.2) is 0 Å². The van der Waals surface area contributed by atoms with E-state index in [0.29, 0.717) is 18.5 Å². The summed E-state index contributed by atoms with van der Waals surface area (Å²) in [4.78, 5) is 11.7. The zero-order valence-electron chi connectivity index (χ0n) is 13.2. The molecule has 1 fully saturated rings. The van der Waals surface area contributed by atoms with Gasteiger partial charge in [-0.05, 0) is 31.4 Å². The first kappa shape index (κ1) is 16.8. The van der Waals surface area contributed by atoms with Crippen molar-refractivity contribution in [1.29, 1.82) is 0 Å². The van der Waals surface area contributed by atoms with E-state index in [1.54, 1.807) is 24.3 Å². The van der Waals surface area contributed by atoms with Crippen LogP contribution >= 0.6 is 0 Å². The average Bonchev–Trinajstić information content (AvgIpc) is 2.85. The Balaban J connectivity index is 1.79. The lowest BCUT2D eigenvalue weighted by atomic mass is 9.98. The quantitative estimate of drug-likeness (QED) is 0.914. The summed E-state index contributed by atoms with van der Waals surface area (Å²) in [5.74, 6) is -0.0151. The van der Waals surface area contributed by atoms with Gasteiger partial charge in [-0.15, -0.1) is 0 Å². The number of para-hydroxylation sites is 1. The highest BCUT2D eigenvalue weighted by molar-refractivity contribution is 5.93. The molecule has 0 aliphatic carbocycles. The molecule has 7 heteroatoms. The Bertz CT molecular complexity index is 615. The van der Waals surface area contributed by atoms with Gasteiger partial charge < -0.3 is 5.32 Å². The molecular formula is C17H20F3N3O. The molecule has 1 N–H and O–H groups in total. The number of benzene rings is 1. The van der Waals surface area contributed by atoms with E-state index >= 15 is 0 Å². The van der Waals surface area contributed by atoms with E-state index in [4.69, 9.17) is 0 Å². The second-order valence-corrected chi connectivity index (χ2v) is 6.33. The van der Waals surface area contributed by atoms with Crippen molar-refractivity contribution in [3.63, 3.8) is 0 Å². The first-order chi connectivity index (χ1) is 11.4. The molecule has 2 aliphatic heterocycles. The fourth-order valence-corrected chi connectivity index (χ4v) is 3.32. The van der Waals surface area contributed by atoms with Gasteiger partial charge in [0.2, 0.25) is 5.91 Å². The van der Waals surface area contributed by atoms with Crippen molar-refractivity contribution in [2.45, 2.75) is 56.8 Å². The van der Waals surface area contributed by atoms with Gasteiger partial charge in [0.1, 0.15) is 5.71 Å². The number of carbonyl (C=O) groups excluding carboxylic acids is 1. The van der Waals surface area contributed by atoms with Crippen LogP contribution in [0, 0.1) is 0 Å². The van der Waals surface area contributed by atoms with Gasteiger partial charge >= 0.3 is 6.18 Å². The Kier molecular flexibility index (Phi) is 4.78. The highest BCUT2D eigenvalue weighted by atomic mass is 19.4. The summed E-state index contributed by atoms with van der Waals surface area (Å²) >= 11 is 0. The topological polar surface area (TPSA) is 44.7 Å². The van der Waals surface area contributed by atoms with Crippen LogP contribution < -0.4 is 10.3 Å². The van der Waals surface area contributed by atoms with E-state index in [2.05, 4.69) is 10.4 Å². The van der Waals surface area contributed by atoms with E-state index in [0.717, 1.165) is 19.3 Å². The molecule has 0 bridgehead atoms. The van der Waals surface area contributed by atoms with E-state index < -0.39 is 17.9 Å². The highest BCUT2D eigenvalue weighted by Gasteiger charge is 2.43. The Hall–Kier alpha value is -2.05. The minimum absolute atomic E-state index is 0.0151. The number of amides is 1. The molecule has 0 saturated carbocycles. The maximum atomic E-state index is 13.1. The number of hydrogen-bond acceptors (Lipinski definition) is 3. The van der Waals surface area contributed by atoms with Gasteiger partial charge in [-0.2, -0.15) is 18.3 Å². The molecule has 1 amide bonds. The number of nitrogens with one attached hydrogen (secondary N) is 1. The molecule has 0 aromatic heterocycles. The van der Waals surface area contributed by atoms with Gasteiger partial charge in [0.05, 0.1) is 11.7 Å². The van der Waals surface area contributed by atoms with Crippen molar-refractivity contribution in [2.75, 3.05) is 5.01 Å². The average molecular weight is 339 g/mol. The van der Waals surface area contributed by atoms with Crippen molar-refractivity contribution < 1.29 is 18.0 Å². The van der Waals surface area contributed by atoms with Crippen LogP contribution in [-0.2, 0) is 4.79 Å². The molecule has 24 heavy (non-hydrogen) atoms. The highest BCUT2D eigenvalue weighted by Crippen LogP contribution is 2.33. The van der Waals surface area contributed by atoms with Crippen molar-refractivity contribution in [3.05, 3.63) is 30.3 Å². The molecule has 2 aliphatic rings. The third-order valence-corrected chi connectivity index (χ3v) is 4.48. The molecule has 0 radical (unpaired) electrons. The molecule has 1 aromatic carbocycles. The predicted molar refractivity (Wildman–Crippen MR) is 85.8 cm³/mol. The number of anilines is 1. The number of hydrogen-bond donors (Lipinski definition) is 1. The zero-order valence-corrected chi connectivity index (χ0v) is 13.2. The van der Waals surface area contributed by atoms with E-state index in [1.807, 2.05) is 6.07 Å². The van der Waals surface area contributed by atoms with Gasteiger partial charge in [-0.1, -0.05) is 24.6 Å². The second-order valence-electron chi connectivity index (χ2n) is 6.33. The summed E-state index contributed by atoms with van der Waals surface area (Å²) < 4.78 is 39.3. The molecule has 3 rings (SSSR count). The van der Waals surface area contributed by atoms with Gasteiger partial charge in [-0.3, -0.25) is 9.80 Å². The maximum absolute atomic E-state index is 13.1. The number of rotatable bonds is 3. The summed E-state index contributed by atoms with van der Waals surface area (Å²) in [6.07, 6.45) is -1.07. The Labute approximate surface area is 138 Å². The van der Waals surface area contributed by atoms with Gasteiger partial charge in [-0.25, -0.2) is 0 Å². The molecule has 0 spiro atoms. The Morgan fingerprint density at radius 1 is 1.21 bits per heavy atom. The molecular weight excluding hydrogens is 319 g/mol. The molecule has 2 heterocycles. The predicted octanol–water partition coefficient (Wildman–Crippen LogP) is 3.63. The standard InChI is InChI=1S/C17H20F3N3O/c18-17(19,20)15-11-14(10-12-6-4-5-9-16(24)21-12)23(22-15)13-7-2-1-3-8-13/h1-3,7-8,12,14H,4-6,9-11H2,(H,21,24). The molecule has 4 nitrogen and oxygen atoms in total. The number of hydrazone groups is 1. The normalized spacial score (nSPS) is 25.2. The third-order valence-electron chi connectivity index (χ3n) is 4.48. The van der Waals surface area contributed by atoms with Crippen molar-refractivity contribution in [1.82, 2.24) is 5.32 Å². The molecule has 130 valence electrons. The molecule has 2 unspecified atom stereocenters. The smallest absolute Gasteiger partial charge is 0.353 e. The number of alkyl halides is 3. The minimum atomic E-state index is -4.42. The van der Waals surface area contributed by atoms with Crippen molar-refractivity contribution >= 4 is 17.3 Å². The van der Waals surface area contributed by atoms with E-state index in [9.17, 15) is 18.0 Å². The zero-order chi connectivity index (χ0) is 17.2. The summed E-state index contributed by atoms with van der Waals surface area (Å²) in [5, 5.41) is 8.22. The molecule has 1 saturated heterocycles. The van der Waals surface area contributed by atoms with Crippen molar-refractivity contribution in [3.8, 4) is 0 Å². The van der Waals surface area contributed by atoms with Crippen LogP contribution in [0.4, 0.5) is 18.9 Å². The van der Waals surface area contributed by atoms with Crippen LogP contribution in [0.1, 0.15) is 38.5 Å². The van der Waals surface area contributed by atoms with Crippen LogP contribution in [0.2, 0.25) is 0 Å². The van der Waals surface area contributed by atoms with Crippen LogP contribution in [0.5, 0.6) is 0 Å². The summed E-state index contributed by atoms with van der Waals surface area (Å²) in [6.45, 7) is 0. The maximum Gasteiger partial charge on any atom is 0.431 e. The van der Waals surface area contributed by atoms with E-state index in [-0.39, 0.29) is 18.4 Å². The molecule has 2 atom stereocenters. The minimum Gasteiger partial charge on any atom is -0.353 e. The van der Waals surface area contributed by atoms with E-state index in [1.165, 1.54) is 5.01 Å². The number of carbonyl (C=O) groups is 1. The Morgan fingerprint density at radius 3 is 2.67 bits per heavy atom. The second kappa shape index (κ2) is 6.83. The lowest BCUT2D eigenvalue weighted by Gasteiger charge is -2.27. The third kappa shape index (κ3) is 3.88. The SMILES string of the molecule is O=C1CCCCC(CC2CC(C(F)(F)F)=NN2c2ccccc2)N1. The fourth-order valence-electron chi connectivity index (χ4n) is 3.32. The summed E-state index contributed by atoms with van der Waals surface area (Å²) in [6, 6.07) is 8.38. The largest absolute Gasteiger partial charge is 0.431 e. The first-order valence-corrected chi connectivity index (χ1v) is 8.22. The van der Waals surface area contributed by atoms with Crippen LogP contribution in [-0.4, -0.2) is 29.9 Å². The Morgan fingerprint density at radius 2 is 1.96 bits per heavy atom. The summed E-state index contributed by atoms with van der Waals surface area (Å²) in [7, 11) is 0. The van der Waals surface area contributed by atoms with Gasteiger partial charge in [0, 0.05) is 18.9 Å². The fraction of sp³-hybridized carbons (Fsp3) is 0.529. The van der Waals surface area contributed by atoms with Crippen LogP contribution in [0.15, 0.2) is 35.4 Å². The lowest BCUT2D eigenvalue weighted by Crippen LogP contribution is -2.39. The van der Waals surface area contributed by atoms with Crippen LogP contribution in [0.3, 0.4) is 0 Å². The summed E-state index contributed by atoms with van der Waals surface area (Å²) in [5.41, 5.74) is -0.113. The monoisotopic (exact) mass is 339 g/mol. The lowest BCUT2D eigenvalue weighted by molar-refractivity contribution is -0.121. The van der Waals surface area contributed by atoms with Crippen LogP contribution in [0.25, 0.3) is 0 Å². The van der Waals surface area contributed by atoms with Crippen molar-refractivity contribution in [2.24, 2.45) is 5.10 Å². The number of halogens is 3.